The maximum atomic E-state index is 12.8. The Kier molecular flexibility index (Phi) is 7.72. The van der Waals surface area contributed by atoms with Crippen molar-refractivity contribution < 1.29 is 27.8 Å². The molecule has 3 aromatic carbocycles. The van der Waals surface area contributed by atoms with Crippen LogP contribution in [0.5, 0.6) is 11.5 Å². The zero-order chi connectivity index (χ0) is 23.0. The molecule has 0 amide bonds. The highest BCUT2D eigenvalue weighted by Gasteiger charge is 2.16. The summed E-state index contributed by atoms with van der Waals surface area (Å²) in [4.78, 5) is 11.1. The summed E-state index contributed by atoms with van der Waals surface area (Å²) in [7, 11) is -3.76. The second-order valence-corrected chi connectivity index (χ2v) is 8.70. The van der Waals surface area contributed by atoms with E-state index >= 15 is 0 Å². The summed E-state index contributed by atoms with van der Waals surface area (Å²) in [5.74, 6) is -0.113. The molecule has 0 radical (unpaired) electrons. The van der Waals surface area contributed by atoms with Crippen molar-refractivity contribution in [2.45, 2.75) is 24.7 Å². The molecule has 0 saturated carbocycles. The van der Waals surface area contributed by atoms with Crippen LogP contribution in [0.15, 0.2) is 77.7 Å². The van der Waals surface area contributed by atoms with Crippen molar-refractivity contribution in [3.05, 3.63) is 83.9 Å². The molecule has 0 aliphatic rings. The van der Waals surface area contributed by atoms with Crippen LogP contribution >= 0.6 is 0 Å². The number of aryl methyl sites for hydroxylation is 1. The number of rotatable bonds is 11. The molecule has 0 bridgehead atoms. The number of hydrogen-bond acceptors (Lipinski definition) is 5. The molecule has 3 aromatic rings. The number of aromatic carboxylic acids is 1. The van der Waals surface area contributed by atoms with E-state index in [2.05, 4.69) is 11.6 Å². The topological polar surface area (TPSA) is 102 Å². The van der Waals surface area contributed by atoms with Gasteiger partial charge in [-0.2, -0.15) is 0 Å². The summed E-state index contributed by atoms with van der Waals surface area (Å²) in [5, 5.41) is 8.92. The summed E-state index contributed by atoms with van der Waals surface area (Å²) in [5.41, 5.74) is 1.60. The molecule has 2 N–H and O–H groups in total. The third-order valence-electron chi connectivity index (χ3n) is 4.61. The third-order valence-corrected chi connectivity index (χ3v) is 6.00. The van der Waals surface area contributed by atoms with Gasteiger partial charge in [0.15, 0.2) is 0 Å². The van der Waals surface area contributed by atoms with Crippen LogP contribution in [0.25, 0.3) is 0 Å². The second-order valence-electron chi connectivity index (χ2n) is 7.02. The Morgan fingerprint density at radius 2 is 1.56 bits per heavy atom. The SMILES string of the molecule is CCCc1ccc(S(=O)(=O)Nc2ccccc2OCCOc2ccc(C(=O)O)cc2)cc1. The molecule has 0 aliphatic heterocycles. The van der Waals surface area contributed by atoms with Crippen molar-refractivity contribution in [2.24, 2.45) is 0 Å². The average molecular weight is 456 g/mol. The fraction of sp³-hybridized carbons (Fsp3) is 0.208. The lowest BCUT2D eigenvalue weighted by atomic mass is 10.1. The van der Waals surface area contributed by atoms with Gasteiger partial charge in [-0.25, -0.2) is 13.2 Å². The van der Waals surface area contributed by atoms with Crippen molar-refractivity contribution in [1.82, 2.24) is 0 Å². The fourth-order valence-electron chi connectivity index (χ4n) is 3.01. The molecular formula is C24H25NO6S. The van der Waals surface area contributed by atoms with Crippen LogP contribution < -0.4 is 14.2 Å². The molecule has 3 rings (SSSR count). The monoisotopic (exact) mass is 455 g/mol. The van der Waals surface area contributed by atoms with Crippen LogP contribution in [-0.2, 0) is 16.4 Å². The van der Waals surface area contributed by atoms with Gasteiger partial charge >= 0.3 is 5.97 Å². The molecule has 0 fully saturated rings. The first-order valence-electron chi connectivity index (χ1n) is 10.2. The highest BCUT2D eigenvalue weighted by atomic mass is 32.2. The number of anilines is 1. The number of ether oxygens (including phenoxy) is 2. The number of carboxylic acid groups (broad SMARTS) is 1. The predicted octanol–water partition coefficient (Wildman–Crippen LogP) is 4.60. The van der Waals surface area contributed by atoms with E-state index in [1.165, 1.54) is 12.1 Å². The largest absolute Gasteiger partial charge is 0.490 e. The van der Waals surface area contributed by atoms with Gasteiger partial charge in [0, 0.05) is 0 Å². The number of hydrogen-bond donors (Lipinski definition) is 2. The second kappa shape index (κ2) is 10.7. The van der Waals surface area contributed by atoms with E-state index in [4.69, 9.17) is 14.6 Å². The number of carboxylic acids is 1. The predicted molar refractivity (Wildman–Crippen MR) is 122 cm³/mol. The molecule has 0 atom stereocenters. The van der Waals surface area contributed by atoms with Gasteiger partial charge in [-0.3, -0.25) is 4.72 Å². The Morgan fingerprint density at radius 3 is 2.22 bits per heavy atom. The fourth-order valence-corrected chi connectivity index (χ4v) is 4.08. The van der Waals surface area contributed by atoms with Crippen LogP contribution in [0.2, 0.25) is 0 Å². The average Bonchev–Trinajstić information content (AvgIpc) is 2.78. The van der Waals surface area contributed by atoms with Gasteiger partial charge in [0.2, 0.25) is 0 Å². The number of para-hydroxylation sites is 2. The minimum Gasteiger partial charge on any atom is -0.490 e. The molecule has 7 nitrogen and oxygen atoms in total. The Labute approximate surface area is 187 Å². The van der Waals surface area contributed by atoms with E-state index in [9.17, 15) is 13.2 Å². The Bertz CT molecular complexity index is 1140. The highest BCUT2D eigenvalue weighted by molar-refractivity contribution is 7.92. The molecule has 168 valence electrons. The van der Waals surface area contributed by atoms with Gasteiger partial charge in [-0.05, 0) is 60.5 Å². The summed E-state index contributed by atoms with van der Waals surface area (Å²) in [6.07, 6.45) is 1.89. The lowest BCUT2D eigenvalue weighted by Crippen LogP contribution is -2.15. The molecule has 0 aromatic heterocycles. The summed E-state index contributed by atoms with van der Waals surface area (Å²) in [6.45, 7) is 2.45. The van der Waals surface area contributed by atoms with Crippen LogP contribution in [0, 0.1) is 0 Å². The van der Waals surface area contributed by atoms with E-state index in [0.29, 0.717) is 17.2 Å². The minimum atomic E-state index is -3.76. The zero-order valence-electron chi connectivity index (χ0n) is 17.7. The summed E-state index contributed by atoms with van der Waals surface area (Å²) in [6, 6.07) is 19.6. The van der Waals surface area contributed by atoms with Gasteiger partial charge in [0.05, 0.1) is 16.1 Å². The first-order valence-corrected chi connectivity index (χ1v) is 11.7. The van der Waals surface area contributed by atoms with Crippen LogP contribution in [0.1, 0.15) is 29.3 Å². The number of carbonyl (C=O) groups is 1. The third kappa shape index (κ3) is 6.24. The normalized spacial score (nSPS) is 11.0. The molecule has 8 heteroatoms. The van der Waals surface area contributed by atoms with E-state index in [-0.39, 0.29) is 23.7 Å². The molecule has 0 heterocycles. The van der Waals surface area contributed by atoms with E-state index in [0.717, 1.165) is 18.4 Å². The van der Waals surface area contributed by atoms with Gasteiger partial charge in [-0.15, -0.1) is 0 Å². The van der Waals surface area contributed by atoms with Gasteiger partial charge < -0.3 is 14.6 Å². The molecule has 0 spiro atoms. The highest BCUT2D eigenvalue weighted by Crippen LogP contribution is 2.27. The van der Waals surface area contributed by atoms with Crippen molar-refractivity contribution in [3.8, 4) is 11.5 Å². The van der Waals surface area contributed by atoms with Crippen LogP contribution in [0.4, 0.5) is 5.69 Å². The Hall–Kier alpha value is -3.52. The molecular weight excluding hydrogens is 430 g/mol. The lowest BCUT2D eigenvalue weighted by Gasteiger charge is -2.14. The first-order chi connectivity index (χ1) is 15.4. The van der Waals surface area contributed by atoms with Gasteiger partial charge in [-0.1, -0.05) is 37.6 Å². The molecule has 0 unspecified atom stereocenters. The maximum absolute atomic E-state index is 12.8. The minimum absolute atomic E-state index is 0.172. The molecule has 32 heavy (non-hydrogen) atoms. The van der Waals surface area contributed by atoms with E-state index < -0.39 is 16.0 Å². The maximum Gasteiger partial charge on any atom is 0.335 e. The van der Waals surface area contributed by atoms with E-state index in [1.54, 1.807) is 48.5 Å². The standard InChI is InChI=1S/C24H25NO6S/c1-2-5-18-8-14-21(15-9-18)32(28,29)25-22-6-3-4-7-23(22)31-17-16-30-20-12-10-19(11-13-20)24(26)27/h3-4,6-15,25H,2,5,16-17H2,1H3,(H,26,27). The van der Waals surface area contributed by atoms with Crippen LogP contribution in [-0.4, -0.2) is 32.7 Å². The zero-order valence-corrected chi connectivity index (χ0v) is 18.5. The van der Waals surface area contributed by atoms with Crippen molar-refractivity contribution >= 4 is 21.7 Å². The van der Waals surface area contributed by atoms with E-state index in [1.807, 2.05) is 12.1 Å². The molecule has 0 saturated heterocycles. The summed E-state index contributed by atoms with van der Waals surface area (Å²) >= 11 is 0. The lowest BCUT2D eigenvalue weighted by molar-refractivity contribution is 0.0697. The Morgan fingerprint density at radius 1 is 0.906 bits per heavy atom. The number of sulfonamides is 1. The quantitative estimate of drug-likeness (QED) is 0.410. The number of nitrogens with one attached hydrogen (secondary N) is 1. The first kappa shape index (κ1) is 23.1. The van der Waals surface area contributed by atoms with Gasteiger partial charge in [0.1, 0.15) is 24.7 Å². The van der Waals surface area contributed by atoms with Crippen molar-refractivity contribution in [1.29, 1.82) is 0 Å². The number of benzene rings is 3. The molecule has 0 aliphatic carbocycles. The smallest absolute Gasteiger partial charge is 0.335 e. The van der Waals surface area contributed by atoms with Crippen molar-refractivity contribution in [2.75, 3.05) is 17.9 Å². The van der Waals surface area contributed by atoms with Crippen LogP contribution in [0.3, 0.4) is 0 Å². The Balaban J connectivity index is 1.59. The summed E-state index contributed by atoms with van der Waals surface area (Å²) < 4.78 is 39.4. The van der Waals surface area contributed by atoms with Crippen molar-refractivity contribution in [3.63, 3.8) is 0 Å². The van der Waals surface area contributed by atoms with Gasteiger partial charge in [0.25, 0.3) is 10.0 Å².